The lowest BCUT2D eigenvalue weighted by Gasteiger charge is -2.20. The van der Waals surface area contributed by atoms with Crippen LogP contribution in [0.3, 0.4) is 0 Å². The number of anilines is 2. The number of hydrogen-bond donors (Lipinski definition) is 3. The topological polar surface area (TPSA) is 84.2 Å². The number of nitrogens with one attached hydrogen (secondary N) is 2. The van der Waals surface area contributed by atoms with Crippen LogP contribution in [0.5, 0.6) is 0 Å². The summed E-state index contributed by atoms with van der Waals surface area (Å²) in [5.74, 6) is -0.714. The maximum Gasteiger partial charge on any atom is 0.251 e. The number of aryl methyl sites for hydroxylation is 1. The Balaban J connectivity index is 1.87. The van der Waals surface area contributed by atoms with E-state index in [1.807, 2.05) is 61.5 Å². The minimum Gasteiger partial charge on any atom is -0.370 e. The number of benzene rings is 3. The van der Waals surface area contributed by atoms with Crippen LogP contribution in [0.2, 0.25) is 0 Å². The number of rotatable bonds is 6. The van der Waals surface area contributed by atoms with Gasteiger partial charge in [0.2, 0.25) is 5.91 Å². The Bertz CT molecular complexity index is 937. The maximum atomic E-state index is 13.0. The molecule has 0 radical (unpaired) electrons. The number of carbonyl (C=O) groups is 2. The van der Waals surface area contributed by atoms with Gasteiger partial charge in [-0.15, -0.1) is 0 Å². The molecule has 0 aromatic heterocycles. The number of hydrogen-bond acceptors (Lipinski definition) is 3. The van der Waals surface area contributed by atoms with E-state index in [4.69, 9.17) is 5.73 Å². The zero-order valence-electron chi connectivity index (χ0n) is 15.0. The second-order valence-electron chi connectivity index (χ2n) is 6.29. The highest BCUT2D eigenvalue weighted by Gasteiger charge is 2.21. The number of primary amides is 1. The summed E-state index contributed by atoms with van der Waals surface area (Å²) in [5.41, 5.74) is 9.02. The average molecular weight is 359 g/mol. The van der Waals surface area contributed by atoms with Crippen LogP contribution in [-0.4, -0.2) is 11.8 Å². The van der Waals surface area contributed by atoms with Crippen molar-refractivity contribution in [2.75, 3.05) is 10.6 Å². The summed E-state index contributed by atoms with van der Waals surface area (Å²) in [7, 11) is 0. The molecule has 0 bridgehead atoms. The van der Waals surface area contributed by atoms with Crippen LogP contribution in [0.25, 0.3) is 0 Å². The number of amides is 2. The quantitative estimate of drug-likeness (QED) is 0.624. The van der Waals surface area contributed by atoms with Crippen LogP contribution in [0, 0.1) is 6.92 Å². The molecule has 3 rings (SSSR count). The highest BCUT2D eigenvalue weighted by atomic mass is 16.2. The summed E-state index contributed by atoms with van der Waals surface area (Å²) in [6, 6.07) is 23.2. The van der Waals surface area contributed by atoms with Gasteiger partial charge in [-0.3, -0.25) is 9.59 Å². The largest absolute Gasteiger partial charge is 0.370 e. The normalized spacial score (nSPS) is 11.4. The highest BCUT2D eigenvalue weighted by Crippen LogP contribution is 2.22. The molecular weight excluding hydrogens is 338 g/mol. The fourth-order valence-corrected chi connectivity index (χ4v) is 2.73. The van der Waals surface area contributed by atoms with E-state index in [1.54, 1.807) is 24.3 Å². The molecule has 0 aliphatic rings. The third-order valence-electron chi connectivity index (χ3n) is 4.17. The van der Waals surface area contributed by atoms with E-state index in [2.05, 4.69) is 10.6 Å². The fraction of sp³-hybridized carbons (Fsp3) is 0.0909. The first-order valence-electron chi connectivity index (χ1n) is 8.62. The van der Waals surface area contributed by atoms with Crippen molar-refractivity contribution < 1.29 is 9.59 Å². The Hall–Kier alpha value is -3.60. The summed E-state index contributed by atoms with van der Waals surface area (Å²) in [6.45, 7) is 1.99. The van der Waals surface area contributed by atoms with Gasteiger partial charge in [-0.1, -0.05) is 54.1 Å². The smallest absolute Gasteiger partial charge is 0.251 e. The van der Waals surface area contributed by atoms with Crippen LogP contribution in [-0.2, 0) is 4.79 Å². The third-order valence-corrected chi connectivity index (χ3v) is 4.17. The van der Waals surface area contributed by atoms with Gasteiger partial charge in [-0.05, 0) is 42.8 Å². The molecule has 5 heteroatoms. The fourth-order valence-electron chi connectivity index (χ4n) is 2.73. The SMILES string of the molecule is Cc1ccc(NC(=O)[C@H](Nc2cccc(C(N)=O)c2)c2ccccc2)cc1. The van der Waals surface area contributed by atoms with Gasteiger partial charge in [-0.2, -0.15) is 0 Å². The molecule has 0 aliphatic heterocycles. The Kier molecular flexibility index (Phi) is 5.52. The molecule has 2 amide bonds. The van der Waals surface area contributed by atoms with E-state index in [1.165, 1.54) is 0 Å². The molecule has 0 saturated carbocycles. The Morgan fingerprint density at radius 3 is 2.22 bits per heavy atom. The molecule has 1 atom stereocenters. The molecule has 3 aromatic rings. The lowest BCUT2D eigenvalue weighted by Crippen LogP contribution is -2.27. The molecule has 5 nitrogen and oxygen atoms in total. The molecule has 3 aromatic carbocycles. The van der Waals surface area contributed by atoms with Crippen LogP contribution >= 0.6 is 0 Å². The monoisotopic (exact) mass is 359 g/mol. The molecular formula is C22H21N3O2. The van der Waals surface area contributed by atoms with E-state index in [0.29, 0.717) is 11.3 Å². The highest BCUT2D eigenvalue weighted by molar-refractivity contribution is 5.98. The van der Waals surface area contributed by atoms with Crippen LogP contribution in [0.1, 0.15) is 27.5 Å². The first-order valence-corrected chi connectivity index (χ1v) is 8.62. The summed E-state index contributed by atoms with van der Waals surface area (Å²) in [6.07, 6.45) is 0. The van der Waals surface area contributed by atoms with E-state index in [-0.39, 0.29) is 5.91 Å². The zero-order valence-corrected chi connectivity index (χ0v) is 15.0. The van der Waals surface area contributed by atoms with Gasteiger partial charge in [0.15, 0.2) is 0 Å². The van der Waals surface area contributed by atoms with Crippen LogP contribution < -0.4 is 16.4 Å². The van der Waals surface area contributed by atoms with E-state index in [0.717, 1.165) is 16.8 Å². The lowest BCUT2D eigenvalue weighted by atomic mass is 10.0. The van der Waals surface area contributed by atoms with Gasteiger partial charge in [0, 0.05) is 16.9 Å². The summed E-state index contributed by atoms with van der Waals surface area (Å²) in [4.78, 5) is 24.4. The molecule has 0 fully saturated rings. The predicted molar refractivity (Wildman–Crippen MR) is 108 cm³/mol. The van der Waals surface area contributed by atoms with Crippen molar-refractivity contribution in [3.05, 3.63) is 95.6 Å². The molecule has 0 unspecified atom stereocenters. The minimum absolute atomic E-state index is 0.200. The molecule has 0 heterocycles. The molecule has 27 heavy (non-hydrogen) atoms. The van der Waals surface area contributed by atoms with Crippen molar-refractivity contribution in [2.24, 2.45) is 5.73 Å². The first-order chi connectivity index (χ1) is 13.0. The van der Waals surface area contributed by atoms with Gasteiger partial charge < -0.3 is 16.4 Å². The third kappa shape index (κ3) is 4.73. The number of carbonyl (C=O) groups excluding carboxylic acids is 2. The molecule has 4 N–H and O–H groups in total. The second-order valence-corrected chi connectivity index (χ2v) is 6.29. The van der Waals surface area contributed by atoms with Gasteiger partial charge >= 0.3 is 0 Å². The Morgan fingerprint density at radius 2 is 1.56 bits per heavy atom. The predicted octanol–water partition coefficient (Wildman–Crippen LogP) is 3.89. The van der Waals surface area contributed by atoms with Gasteiger partial charge in [-0.25, -0.2) is 0 Å². The molecule has 0 saturated heterocycles. The second kappa shape index (κ2) is 8.19. The summed E-state index contributed by atoms with van der Waals surface area (Å²) >= 11 is 0. The number of nitrogens with two attached hydrogens (primary N) is 1. The Morgan fingerprint density at radius 1 is 0.852 bits per heavy atom. The lowest BCUT2D eigenvalue weighted by molar-refractivity contribution is -0.117. The van der Waals surface area contributed by atoms with Crippen molar-refractivity contribution in [1.82, 2.24) is 0 Å². The van der Waals surface area contributed by atoms with Gasteiger partial charge in [0.25, 0.3) is 5.91 Å². The summed E-state index contributed by atoms with van der Waals surface area (Å²) in [5, 5.41) is 6.13. The van der Waals surface area contributed by atoms with Gasteiger partial charge in [0.1, 0.15) is 6.04 Å². The maximum absolute atomic E-state index is 13.0. The van der Waals surface area contributed by atoms with Crippen molar-refractivity contribution in [1.29, 1.82) is 0 Å². The standard InChI is InChI=1S/C22H21N3O2/c1-15-10-12-18(13-11-15)25-22(27)20(16-6-3-2-4-7-16)24-19-9-5-8-17(14-19)21(23)26/h2-14,20,24H,1H3,(H2,23,26)(H,25,27)/t20-/m1/s1. The minimum atomic E-state index is -0.629. The van der Waals surface area contributed by atoms with E-state index < -0.39 is 11.9 Å². The van der Waals surface area contributed by atoms with Gasteiger partial charge in [0.05, 0.1) is 0 Å². The van der Waals surface area contributed by atoms with Crippen molar-refractivity contribution >= 4 is 23.2 Å². The van der Waals surface area contributed by atoms with E-state index in [9.17, 15) is 9.59 Å². The van der Waals surface area contributed by atoms with Crippen molar-refractivity contribution in [3.63, 3.8) is 0 Å². The van der Waals surface area contributed by atoms with Crippen LogP contribution in [0.15, 0.2) is 78.9 Å². The zero-order chi connectivity index (χ0) is 19.2. The van der Waals surface area contributed by atoms with Crippen LogP contribution in [0.4, 0.5) is 11.4 Å². The molecule has 0 aliphatic carbocycles. The van der Waals surface area contributed by atoms with E-state index >= 15 is 0 Å². The molecule has 0 spiro atoms. The summed E-state index contributed by atoms with van der Waals surface area (Å²) < 4.78 is 0. The van der Waals surface area contributed by atoms with Crippen molar-refractivity contribution in [3.8, 4) is 0 Å². The first kappa shape index (κ1) is 18.2. The Labute approximate surface area is 158 Å². The average Bonchev–Trinajstić information content (AvgIpc) is 2.68. The van der Waals surface area contributed by atoms with Crippen molar-refractivity contribution in [2.45, 2.75) is 13.0 Å². The molecule has 136 valence electrons.